The fourth-order valence-corrected chi connectivity index (χ4v) is 4.75. The van der Waals surface area contributed by atoms with Crippen LogP contribution in [0.1, 0.15) is 36.0 Å². The minimum absolute atomic E-state index is 0.169. The van der Waals surface area contributed by atoms with Crippen molar-refractivity contribution >= 4 is 0 Å². The van der Waals surface area contributed by atoms with E-state index in [0.29, 0.717) is 17.9 Å². The quantitative estimate of drug-likeness (QED) is 0.517. The lowest BCUT2D eigenvalue weighted by molar-refractivity contribution is -0.0146. The number of piperidine rings is 1. The van der Waals surface area contributed by atoms with Gasteiger partial charge in [0.05, 0.1) is 12.2 Å². The van der Waals surface area contributed by atoms with Gasteiger partial charge >= 0.3 is 0 Å². The van der Waals surface area contributed by atoms with Gasteiger partial charge in [-0.3, -0.25) is 0 Å². The first kappa shape index (κ1) is 22.1. The van der Waals surface area contributed by atoms with E-state index in [9.17, 15) is 10.4 Å². The van der Waals surface area contributed by atoms with E-state index in [-0.39, 0.29) is 5.92 Å². The molecule has 3 aromatic rings. The van der Waals surface area contributed by atoms with Crippen LogP contribution in [0.5, 0.6) is 5.75 Å². The zero-order chi connectivity index (χ0) is 22.2. The molecule has 1 aliphatic heterocycles. The summed E-state index contributed by atoms with van der Waals surface area (Å²) >= 11 is 0. The van der Waals surface area contributed by atoms with Crippen LogP contribution in [0.4, 0.5) is 0 Å². The van der Waals surface area contributed by atoms with Crippen LogP contribution >= 0.6 is 0 Å². The summed E-state index contributed by atoms with van der Waals surface area (Å²) < 4.78 is 5.82. The second kappa shape index (κ2) is 10.5. The van der Waals surface area contributed by atoms with Crippen molar-refractivity contribution in [3.8, 4) is 11.8 Å². The zero-order valence-corrected chi connectivity index (χ0v) is 18.4. The normalized spacial score (nSPS) is 15.2. The van der Waals surface area contributed by atoms with Crippen LogP contribution in [0.25, 0.3) is 0 Å². The van der Waals surface area contributed by atoms with Crippen LogP contribution in [-0.2, 0) is 5.60 Å². The number of hydrogen-bond donors (Lipinski definition) is 1. The molecule has 0 atom stereocenters. The molecule has 32 heavy (non-hydrogen) atoms. The molecule has 0 bridgehead atoms. The Morgan fingerprint density at radius 2 is 1.44 bits per heavy atom. The van der Waals surface area contributed by atoms with E-state index in [1.807, 2.05) is 78.9 Å². The van der Waals surface area contributed by atoms with Crippen molar-refractivity contribution in [2.45, 2.75) is 24.9 Å². The Balaban J connectivity index is 1.34. The third-order valence-electron chi connectivity index (χ3n) is 6.49. The van der Waals surface area contributed by atoms with Crippen LogP contribution in [0.15, 0.2) is 84.9 Å². The molecule has 4 nitrogen and oxygen atoms in total. The molecule has 164 valence electrons. The summed E-state index contributed by atoms with van der Waals surface area (Å²) in [5.41, 5.74) is 1.54. The van der Waals surface area contributed by atoms with Gasteiger partial charge in [-0.05, 0) is 61.5 Å². The monoisotopic (exact) mass is 426 g/mol. The van der Waals surface area contributed by atoms with Gasteiger partial charge in [0.15, 0.2) is 0 Å². The summed E-state index contributed by atoms with van der Waals surface area (Å²) in [5, 5.41) is 21.2. The smallest absolute Gasteiger partial charge is 0.137 e. The molecule has 3 aromatic carbocycles. The third-order valence-corrected chi connectivity index (χ3v) is 6.49. The second-order valence-electron chi connectivity index (χ2n) is 8.42. The van der Waals surface area contributed by atoms with Gasteiger partial charge in [0.1, 0.15) is 17.4 Å². The molecule has 1 heterocycles. The summed E-state index contributed by atoms with van der Waals surface area (Å²) in [6.45, 7) is 3.47. The Morgan fingerprint density at radius 3 is 2.03 bits per heavy atom. The van der Waals surface area contributed by atoms with Gasteiger partial charge in [-0.2, -0.15) is 5.26 Å². The second-order valence-corrected chi connectivity index (χ2v) is 8.42. The summed E-state index contributed by atoms with van der Waals surface area (Å²) in [4.78, 5) is 2.45. The fraction of sp³-hybridized carbons (Fsp3) is 0.321. The maximum atomic E-state index is 12.0. The van der Waals surface area contributed by atoms with E-state index in [1.54, 1.807) is 6.07 Å². The molecule has 0 radical (unpaired) electrons. The summed E-state index contributed by atoms with van der Waals surface area (Å²) in [5.74, 6) is 0.826. The average molecular weight is 427 g/mol. The predicted molar refractivity (Wildman–Crippen MR) is 126 cm³/mol. The van der Waals surface area contributed by atoms with Crippen LogP contribution < -0.4 is 4.74 Å². The van der Waals surface area contributed by atoms with Crippen LogP contribution in [-0.4, -0.2) is 36.2 Å². The summed E-state index contributed by atoms with van der Waals surface area (Å²) in [7, 11) is 0. The standard InChI is InChI=1S/C28H30N2O2/c29-22-23-10-7-8-15-27(23)32-21-9-18-30-19-16-26(17-20-30)28(31,24-11-3-1-4-12-24)25-13-5-2-6-14-25/h1-8,10-15,26,31H,9,16-21H2. The average Bonchev–Trinajstić information content (AvgIpc) is 2.88. The highest BCUT2D eigenvalue weighted by Gasteiger charge is 2.41. The van der Waals surface area contributed by atoms with Crippen molar-refractivity contribution in [1.29, 1.82) is 5.26 Å². The molecule has 1 N–H and O–H groups in total. The van der Waals surface area contributed by atoms with Crippen molar-refractivity contribution in [3.63, 3.8) is 0 Å². The number of hydrogen-bond acceptors (Lipinski definition) is 4. The lowest BCUT2D eigenvalue weighted by atomic mass is 9.72. The Labute approximate surface area is 190 Å². The Kier molecular flexibility index (Phi) is 7.21. The van der Waals surface area contributed by atoms with E-state index in [0.717, 1.165) is 50.0 Å². The molecule has 0 aliphatic carbocycles. The molecule has 1 fully saturated rings. The molecule has 0 aromatic heterocycles. The Morgan fingerprint density at radius 1 is 0.875 bits per heavy atom. The highest BCUT2D eigenvalue weighted by molar-refractivity contribution is 5.42. The van der Waals surface area contributed by atoms with Gasteiger partial charge in [0.25, 0.3) is 0 Å². The highest BCUT2D eigenvalue weighted by Crippen LogP contribution is 2.41. The molecule has 1 aliphatic rings. The largest absolute Gasteiger partial charge is 0.492 e. The molecule has 1 saturated heterocycles. The van der Waals surface area contributed by atoms with Crippen LogP contribution in [0.3, 0.4) is 0 Å². The summed E-state index contributed by atoms with van der Waals surface area (Å²) in [6, 6.07) is 29.7. The van der Waals surface area contributed by atoms with Crippen molar-refractivity contribution in [3.05, 3.63) is 102 Å². The molecular formula is C28H30N2O2. The van der Waals surface area contributed by atoms with E-state index in [2.05, 4.69) is 11.0 Å². The van der Waals surface area contributed by atoms with E-state index in [1.165, 1.54) is 0 Å². The van der Waals surface area contributed by atoms with Gasteiger partial charge < -0.3 is 14.7 Å². The summed E-state index contributed by atoms with van der Waals surface area (Å²) in [6.07, 6.45) is 2.79. The van der Waals surface area contributed by atoms with Crippen molar-refractivity contribution in [2.75, 3.05) is 26.2 Å². The number of benzene rings is 3. The first-order valence-corrected chi connectivity index (χ1v) is 11.4. The van der Waals surface area contributed by atoms with Gasteiger partial charge in [-0.25, -0.2) is 0 Å². The van der Waals surface area contributed by atoms with Crippen molar-refractivity contribution in [2.24, 2.45) is 5.92 Å². The van der Waals surface area contributed by atoms with Crippen LogP contribution in [0.2, 0.25) is 0 Å². The predicted octanol–water partition coefficient (Wildman–Crippen LogP) is 4.98. The molecule has 0 saturated carbocycles. The molecule has 0 amide bonds. The third kappa shape index (κ3) is 4.85. The molecule has 0 spiro atoms. The number of ether oxygens (including phenoxy) is 1. The first-order chi connectivity index (χ1) is 15.7. The lowest BCUT2D eigenvalue weighted by Gasteiger charge is -2.42. The van der Waals surface area contributed by atoms with E-state index >= 15 is 0 Å². The maximum Gasteiger partial charge on any atom is 0.137 e. The SMILES string of the molecule is N#Cc1ccccc1OCCCN1CCC(C(O)(c2ccccc2)c2ccccc2)CC1. The molecular weight excluding hydrogens is 396 g/mol. The number of likely N-dealkylation sites (tertiary alicyclic amines) is 1. The lowest BCUT2D eigenvalue weighted by Crippen LogP contribution is -2.44. The maximum absolute atomic E-state index is 12.0. The molecule has 0 unspecified atom stereocenters. The minimum Gasteiger partial charge on any atom is -0.492 e. The topological polar surface area (TPSA) is 56.5 Å². The van der Waals surface area contributed by atoms with Crippen LogP contribution in [0, 0.1) is 17.2 Å². The number of rotatable bonds is 8. The fourth-order valence-electron chi connectivity index (χ4n) is 4.75. The zero-order valence-electron chi connectivity index (χ0n) is 18.4. The van der Waals surface area contributed by atoms with Gasteiger partial charge in [-0.15, -0.1) is 0 Å². The number of nitrogens with zero attached hydrogens (tertiary/aromatic N) is 2. The number of para-hydroxylation sites is 1. The van der Waals surface area contributed by atoms with Crippen molar-refractivity contribution in [1.82, 2.24) is 4.90 Å². The van der Waals surface area contributed by atoms with E-state index < -0.39 is 5.60 Å². The first-order valence-electron chi connectivity index (χ1n) is 11.4. The highest BCUT2D eigenvalue weighted by atomic mass is 16.5. The molecule has 4 heteroatoms. The van der Waals surface area contributed by atoms with Crippen molar-refractivity contribution < 1.29 is 9.84 Å². The Bertz CT molecular complexity index is 983. The van der Waals surface area contributed by atoms with Gasteiger partial charge in [-0.1, -0.05) is 72.8 Å². The number of aliphatic hydroxyl groups is 1. The van der Waals surface area contributed by atoms with Gasteiger partial charge in [0.2, 0.25) is 0 Å². The number of nitriles is 1. The van der Waals surface area contributed by atoms with Gasteiger partial charge in [0, 0.05) is 6.54 Å². The van der Waals surface area contributed by atoms with E-state index in [4.69, 9.17) is 4.74 Å². The Hall–Kier alpha value is -3.13. The minimum atomic E-state index is -0.973. The molecule has 4 rings (SSSR count).